The highest BCUT2D eigenvalue weighted by Crippen LogP contribution is 2.40. The highest BCUT2D eigenvalue weighted by atomic mass is 19.1. The van der Waals surface area contributed by atoms with Gasteiger partial charge in [-0.15, -0.1) is 0 Å². The lowest BCUT2D eigenvalue weighted by Gasteiger charge is -2.38. The SMILES string of the molecule is CC(C)(C)OC(=O)N1C2CCC1CC(C(=O)c1cccc(F)n1)C2. The molecule has 2 aliphatic heterocycles. The Bertz CT molecular complexity index is 642. The zero-order valence-corrected chi connectivity index (χ0v) is 14.3. The molecule has 0 N–H and O–H groups in total. The predicted octanol–water partition coefficient (Wildman–Crippen LogP) is 3.58. The number of piperidine rings is 1. The molecule has 2 aliphatic rings. The summed E-state index contributed by atoms with van der Waals surface area (Å²) in [6.07, 6.45) is 2.64. The number of ketones is 1. The number of hydrogen-bond donors (Lipinski definition) is 0. The molecule has 24 heavy (non-hydrogen) atoms. The summed E-state index contributed by atoms with van der Waals surface area (Å²) in [5, 5.41) is 0. The molecule has 130 valence electrons. The van der Waals surface area contributed by atoms with Gasteiger partial charge in [0.1, 0.15) is 11.3 Å². The minimum Gasteiger partial charge on any atom is -0.444 e. The number of rotatable bonds is 2. The van der Waals surface area contributed by atoms with E-state index in [1.54, 1.807) is 11.0 Å². The van der Waals surface area contributed by atoms with Crippen LogP contribution in [0.1, 0.15) is 56.9 Å². The molecule has 1 amide bonds. The monoisotopic (exact) mass is 334 g/mol. The van der Waals surface area contributed by atoms with Crippen LogP contribution in [0, 0.1) is 11.9 Å². The fourth-order valence-electron chi connectivity index (χ4n) is 3.76. The highest BCUT2D eigenvalue weighted by molar-refractivity contribution is 5.96. The van der Waals surface area contributed by atoms with Crippen molar-refractivity contribution in [2.24, 2.45) is 5.92 Å². The van der Waals surface area contributed by atoms with Crippen LogP contribution in [0.5, 0.6) is 0 Å². The number of halogens is 1. The van der Waals surface area contributed by atoms with Gasteiger partial charge in [-0.25, -0.2) is 9.78 Å². The van der Waals surface area contributed by atoms with Crippen molar-refractivity contribution in [2.75, 3.05) is 0 Å². The van der Waals surface area contributed by atoms with Gasteiger partial charge in [0.25, 0.3) is 0 Å². The van der Waals surface area contributed by atoms with Gasteiger partial charge in [-0.3, -0.25) is 4.79 Å². The second kappa shape index (κ2) is 6.15. The summed E-state index contributed by atoms with van der Waals surface area (Å²) in [5.41, 5.74) is -0.362. The first-order chi connectivity index (χ1) is 11.2. The summed E-state index contributed by atoms with van der Waals surface area (Å²) < 4.78 is 18.7. The van der Waals surface area contributed by atoms with Gasteiger partial charge in [-0.2, -0.15) is 4.39 Å². The van der Waals surface area contributed by atoms with Crippen LogP contribution in [0.3, 0.4) is 0 Å². The number of pyridine rings is 1. The van der Waals surface area contributed by atoms with Gasteiger partial charge >= 0.3 is 6.09 Å². The number of amides is 1. The first kappa shape index (κ1) is 16.9. The van der Waals surface area contributed by atoms with Crippen LogP contribution in [0.4, 0.5) is 9.18 Å². The molecule has 0 spiro atoms. The molecule has 2 unspecified atom stereocenters. The molecule has 0 aromatic carbocycles. The second-order valence-corrected chi connectivity index (χ2v) is 7.65. The van der Waals surface area contributed by atoms with Crippen LogP contribution in [0.25, 0.3) is 0 Å². The Morgan fingerprint density at radius 3 is 2.38 bits per heavy atom. The van der Waals surface area contributed by atoms with Crippen molar-refractivity contribution < 1.29 is 18.7 Å². The van der Waals surface area contributed by atoms with Crippen LogP contribution >= 0.6 is 0 Å². The molecule has 3 rings (SSSR count). The first-order valence-electron chi connectivity index (χ1n) is 8.42. The first-order valence-corrected chi connectivity index (χ1v) is 8.42. The summed E-state index contributed by atoms with van der Waals surface area (Å²) in [4.78, 5) is 30.5. The molecular formula is C18H23FN2O3. The number of ether oxygens (including phenoxy) is 1. The Morgan fingerprint density at radius 2 is 1.83 bits per heavy atom. The van der Waals surface area contributed by atoms with Gasteiger partial charge in [-0.1, -0.05) is 6.07 Å². The number of carbonyl (C=O) groups excluding carboxylic acids is 2. The lowest BCUT2D eigenvalue weighted by molar-refractivity contribution is 0.00251. The zero-order chi connectivity index (χ0) is 17.5. The summed E-state index contributed by atoms with van der Waals surface area (Å²) >= 11 is 0. The van der Waals surface area contributed by atoms with Crippen molar-refractivity contribution >= 4 is 11.9 Å². The third kappa shape index (κ3) is 3.42. The highest BCUT2D eigenvalue weighted by Gasteiger charge is 2.46. The molecular weight excluding hydrogens is 311 g/mol. The number of nitrogens with zero attached hydrogens (tertiary/aromatic N) is 2. The van der Waals surface area contributed by atoms with Crippen molar-refractivity contribution in [2.45, 2.75) is 64.1 Å². The van der Waals surface area contributed by atoms with Crippen molar-refractivity contribution in [1.82, 2.24) is 9.88 Å². The van der Waals surface area contributed by atoms with Crippen molar-refractivity contribution in [3.8, 4) is 0 Å². The Hall–Kier alpha value is -1.98. The van der Waals surface area contributed by atoms with E-state index in [0.717, 1.165) is 12.8 Å². The number of carbonyl (C=O) groups is 2. The molecule has 0 radical (unpaired) electrons. The molecule has 2 saturated heterocycles. The third-order valence-corrected chi connectivity index (χ3v) is 4.68. The Balaban J connectivity index is 1.71. The lowest BCUT2D eigenvalue weighted by atomic mass is 9.86. The van der Waals surface area contributed by atoms with Crippen LogP contribution < -0.4 is 0 Å². The minimum absolute atomic E-state index is 0.0149. The van der Waals surface area contributed by atoms with E-state index in [0.29, 0.717) is 12.8 Å². The summed E-state index contributed by atoms with van der Waals surface area (Å²) in [6, 6.07) is 4.31. The van der Waals surface area contributed by atoms with Gasteiger partial charge in [0.05, 0.1) is 0 Å². The van der Waals surface area contributed by atoms with Crippen LogP contribution in [0.15, 0.2) is 18.2 Å². The molecule has 6 heteroatoms. The maximum Gasteiger partial charge on any atom is 0.410 e. The molecule has 1 aromatic rings. The number of aromatic nitrogens is 1. The van der Waals surface area contributed by atoms with Crippen molar-refractivity contribution in [3.05, 3.63) is 29.8 Å². The van der Waals surface area contributed by atoms with Gasteiger partial charge < -0.3 is 9.64 Å². The second-order valence-electron chi connectivity index (χ2n) is 7.65. The van der Waals surface area contributed by atoms with E-state index in [1.165, 1.54) is 12.1 Å². The van der Waals surface area contributed by atoms with Crippen molar-refractivity contribution in [1.29, 1.82) is 0 Å². The predicted molar refractivity (Wildman–Crippen MR) is 86.1 cm³/mol. The molecule has 2 atom stereocenters. The fourth-order valence-corrected chi connectivity index (χ4v) is 3.76. The molecule has 0 saturated carbocycles. The summed E-state index contributed by atoms with van der Waals surface area (Å²) in [5.74, 6) is -0.985. The fraction of sp³-hybridized carbons (Fsp3) is 0.611. The van der Waals surface area contributed by atoms with E-state index in [-0.39, 0.29) is 35.6 Å². The average Bonchev–Trinajstić information content (AvgIpc) is 2.75. The van der Waals surface area contributed by atoms with Crippen LogP contribution in [-0.4, -0.2) is 39.4 Å². The van der Waals surface area contributed by atoms with E-state index >= 15 is 0 Å². The molecule has 1 aromatic heterocycles. The normalized spacial score (nSPS) is 26.3. The number of Topliss-reactive ketones (excluding diaryl/α,β-unsaturated/α-hetero) is 1. The number of hydrogen-bond acceptors (Lipinski definition) is 4. The lowest BCUT2D eigenvalue weighted by Crippen LogP contribution is -2.49. The standard InChI is InChI=1S/C18H23FN2O3/c1-18(2,3)24-17(23)21-12-7-8-13(21)10-11(9-12)16(22)14-5-4-6-15(19)20-14/h4-6,11-13H,7-10H2,1-3H3. The molecule has 5 nitrogen and oxygen atoms in total. The van der Waals surface area contributed by atoms with E-state index in [4.69, 9.17) is 4.74 Å². The average molecular weight is 334 g/mol. The van der Waals surface area contributed by atoms with Gasteiger partial charge in [0, 0.05) is 18.0 Å². The van der Waals surface area contributed by atoms with Gasteiger partial charge in [-0.05, 0) is 58.6 Å². The maximum absolute atomic E-state index is 13.3. The third-order valence-electron chi connectivity index (χ3n) is 4.68. The van der Waals surface area contributed by atoms with E-state index in [9.17, 15) is 14.0 Å². The molecule has 3 heterocycles. The van der Waals surface area contributed by atoms with Crippen molar-refractivity contribution in [3.63, 3.8) is 0 Å². The maximum atomic E-state index is 13.3. The largest absolute Gasteiger partial charge is 0.444 e. The smallest absolute Gasteiger partial charge is 0.410 e. The Labute approximate surface area is 141 Å². The topological polar surface area (TPSA) is 59.5 Å². The van der Waals surface area contributed by atoms with Gasteiger partial charge in [0.15, 0.2) is 5.78 Å². The van der Waals surface area contributed by atoms with E-state index in [1.807, 2.05) is 20.8 Å². The molecule has 2 bridgehead atoms. The van der Waals surface area contributed by atoms with Gasteiger partial charge in [0.2, 0.25) is 5.95 Å². The zero-order valence-electron chi connectivity index (χ0n) is 14.3. The minimum atomic E-state index is -0.644. The quantitative estimate of drug-likeness (QED) is 0.613. The van der Waals surface area contributed by atoms with Crippen LogP contribution in [-0.2, 0) is 4.74 Å². The summed E-state index contributed by atoms with van der Waals surface area (Å²) in [7, 11) is 0. The Morgan fingerprint density at radius 1 is 1.21 bits per heavy atom. The summed E-state index contributed by atoms with van der Waals surface area (Å²) in [6.45, 7) is 5.54. The number of fused-ring (bicyclic) bond motifs is 2. The molecule has 0 aliphatic carbocycles. The van der Waals surface area contributed by atoms with E-state index in [2.05, 4.69) is 4.98 Å². The Kier molecular flexibility index (Phi) is 4.32. The van der Waals surface area contributed by atoms with Crippen LogP contribution in [0.2, 0.25) is 0 Å². The van der Waals surface area contributed by atoms with E-state index < -0.39 is 11.5 Å². The molecule has 2 fully saturated rings.